The summed E-state index contributed by atoms with van der Waals surface area (Å²) in [4.78, 5) is 43.2. The van der Waals surface area contributed by atoms with E-state index in [0.717, 1.165) is 61.5 Å². The van der Waals surface area contributed by atoms with Gasteiger partial charge < -0.3 is 20.5 Å². The van der Waals surface area contributed by atoms with Gasteiger partial charge >= 0.3 is 6.03 Å². The summed E-state index contributed by atoms with van der Waals surface area (Å²) in [6.45, 7) is 1.62. The molecule has 2 aromatic heterocycles. The zero-order valence-corrected chi connectivity index (χ0v) is 19.1. The highest BCUT2D eigenvalue weighted by Crippen LogP contribution is 2.38. The molecule has 2 fully saturated rings. The van der Waals surface area contributed by atoms with Gasteiger partial charge in [-0.15, -0.1) is 0 Å². The summed E-state index contributed by atoms with van der Waals surface area (Å²) >= 11 is 0. The lowest BCUT2D eigenvalue weighted by Crippen LogP contribution is -2.32. The number of urea groups is 1. The Kier molecular flexibility index (Phi) is 5.36. The third-order valence-electron chi connectivity index (χ3n) is 6.42. The predicted molar refractivity (Wildman–Crippen MR) is 135 cm³/mol. The highest BCUT2D eigenvalue weighted by molar-refractivity contribution is 5.89. The molecule has 1 aliphatic heterocycles. The first kappa shape index (κ1) is 21.3. The fourth-order valence-corrected chi connectivity index (χ4v) is 4.33. The molecule has 1 saturated carbocycles. The third kappa shape index (κ3) is 4.57. The summed E-state index contributed by atoms with van der Waals surface area (Å²) in [5.74, 6) is 1.61. The second-order valence-corrected chi connectivity index (χ2v) is 9.05. The Balaban J connectivity index is 1.18. The zero-order chi connectivity index (χ0) is 23.8. The molecule has 0 bridgehead atoms. The molecule has 2 aromatic carbocycles. The van der Waals surface area contributed by atoms with Gasteiger partial charge in [0.1, 0.15) is 5.82 Å². The molecule has 1 saturated heterocycles. The Morgan fingerprint density at radius 3 is 2.51 bits per heavy atom. The number of amides is 2. The number of hydrogen-bond acceptors (Lipinski definition) is 6. The van der Waals surface area contributed by atoms with Crippen molar-refractivity contribution in [2.75, 3.05) is 23.7 Å². The van der Waals surface area contributed by atoms with Crippen LogP contribution in [0.15, 0.2) is 59.5 Å². The number of aromatic nitrogens is 4. The second kappa shape index (κ2) is 8.83. The van der Waals surface area contributed by atoms with Crippen LogP contribution in [0.5, 0.6) is 0 Å². The lowest BCUT2D eigenvalue weighted by atomic mass is 10.1. The van der Waals surface area contributed by atoms with Crippen LogP contribution in [0.3, 0.4) is 0 Å². The monoisotopic (exact) mass is 467 g/mol. The number of aromatic amines is 1. The van der Waals surface area contributed by atoms with Crippen LogP contribution in [0.2, 0.25) is 0 Å². The maximum Gasteiger partial charge on any atom is 0.321 e. The second-order valence-electron chi connectivity index (χ2n) is 9.05. The molecule has 3 heterocycles. The Morgan fingerprint density at radius 1 is 0.971 bits per heavy atom. The van der Waals surface area contributed by atoms with E-state index in [0.29, 0.717) is 28.5 Å². The number of fused-ring (bicyclic) bond motifs is 1. The van der Waals surface area contributed by atoms with Crippen LogP contribution >= 0.6 is 0 Å². The van der Waals surface area contributed by atoms with Crippen molar-refractivity contribution in [2.45, 2.75) is 31.6 Å². The van der Waals surface area contributed by atoms with E-state index in [-0.39, 0.29) is 11.6 Å². The molecular formula is C26H25N7O2. The number of rotatable bonds is 5. The normalized spacial score (nSPS) is 15.4. The molecule has 35 heavy (non-hydrogen) atoms. The van der Waals surface area contributed by atoms with Crippen molar-refractivity contribution in [2.24, 2.45) is 0 Å². The van der Waals surface area contributed by atoms with Gasteiger partial charge in [0.2, 0.25) is 5.95 Å². The van der Waals surface area contributed by atoms with E-state index in [1.165, 1.54) is 0 Å². The Bertz CT molecular complexity index is 1460. The molecule has 0 spiro atoms. The van der Waals surface area contributed by atoms with Gasteiger partial charge in [-0.3, -0.25) is 4.79 Å². The summed E-state index contributed by atoms with van der Waals surface area (Å²) in [7, 11) is 0. The van der Waals surface area contributed by atoms with Crippen molar-refractivity contribution in [3.63, 3.8) is 0 Å². The van der Waals surface area contributed by atoms with E-state index in [1.54, 1.807) is 6.20 Å². The molecule has 9 heteroatoms. The molecule has 3 N–H and O–H groups in total. The Morgan fingerprint density at radius 2 is 1.74 bits per heavy atom. The molecule has 0 unspecified atom stereocenters. The van der Waals surface area contributed by atoms with Crippen LogP contribution in [0.4, 0.5) is 22.1 Å². The number of carbonyl (C=O) groups excluding carboxylic acids is 1. The summed E-state index contributed by atoms with van der Waals surface area (Å²) in [6.07, 6.45) is 5.96. The molecular weight excluding hydrogens is 442 g/mol. The number of benzene rings is 2. The van der Waals surface area contributed by atoms with Crippen molar-refractivity contribution >= 4 is 34.3 Å². The molecule has 2 amide bonds. The van der Waals surface area contributed by atoms with Gasteiger partial charge in [0.25, 0.3) is 5.56 Å². The summed E-state index contributed by atoms with van der Waals surface area (Å²) in [5, 5.41) is 6.68. The van der Waals surface area contributed by atoms with Gasteiger partial charge in [-0.25, -0.2) is 19.7 Å². The van der Waals surface area contributed by atoms with Crippen molar-refractivity contribution in [1.29, 1.82) is 0 Å². The smallest absolute Gasteiger partial charge is 0.321 e. The summed E-state index contributed by atoms with van der Waals surface area (Å²) in [5.41, 5.74) is 3.63. The predicted octanol–water partition coefficient (Wildman–Crippen LogP) is 4.63. The van der Waals surface area contributed by atoms with E-state index in [1.807, 2.05) is 53.4 Å². The summed E-state index contributed by atoms with van der Waals surface area (Å²) < 4.78 is 0. The van der Waals surface area contributed by atoms with Crippen LogP contribution < -0.4 is 16.2 Å². The van der Waals surface area contributed by atoms with Crippen LogP contribution in [0, 0.1) is 0 Å². The van der Waals surface area contributed by atoms with E-state index < -0.39 is 0 Å². The van der Waals surface area contributed by atoms with E-state index in [9.17, 15) is 9.59 Å². The van der Waals surface area contributed by atoms with Gasteiger partial charge in [-0.2, -0.15) is 0 Å². The SMILES string of the molecule is O=C(Nc1ccc(Nc2nccc(-c3ccc4nc(C5CC5)[nH]c(=O)c4c3)n2)cc1)N1CCCC1. The Labute approximate surface area is 201 Å². The van der Waals surface area contributed by atoms with E-state index in [4.69, 9.17) is 0 Å². The molecule has 4 aromatic rings. The number of hydrogen-bond donors (Lipinski definition) is 3. The largest absolute Gasteiger partial charge is 0.325 e. The minimum absolute atomic E-state index is 0.0626. The fourth-order valence-electron chi connectivity index (χ4n) is 4.33. The van der Waals surface area contributed by atoms with Crippen LogP contribution in [0.1, 0.15) is 37.4 Å². The summed E-state index contributed by atoms with van der Waals surface area (Å²) in [6, 6.07) is 14.8. The van der Waals surface area contributed by atoms with Gasteiger partial charge in [-0.05, 0) is 68.1 Å². The zero-order valence-electron chi connectivity index (χ0n) is 19.1. The Hall–Kier alpha value is -4.27. The quantitative estimate of drug-likeness (QED) is 0.394. The lowest BCUT2D eigenvalue weighted by molar-refractivity contribution is 0.222. The lowest BCUT2D eigenvalue weighted by Gasteiger charge is -2.16. The minimum Gasteiger partial charge on any atom is -0.325 e. The van der Waals surface area contributed by atoms with Gasteiger partial charge in [0, 0.05) is 42.1 Å². The van der Waals surface area contributed by atoms with Crippen LogP contribution in [-0.4, -0.2) is 44.0 Å². The molecule has 0 radical (unpaired) electrons. The first-order valence-electron chi connectivity index (χ1n) is 11.9. The molecule has 9 nitrogen and oxygen atoms in total. The average Bonchev–Trinajstić information content (AvgIpc) is 3.58. The van der Waals surface area contributed by atoms with Crippen molar-refractivity contribution in [3.05, 3.63) is 70.9 Å². The molecule has 1 aliphatic carbocycles. The molecule has 6 rings (SSSR count). The van der Waals surface area contributed by atoms with E-state index in [2.05, 4.69) is 30.6 Å². The van der Waals surface area contributed by atoms with Gasteiger partial charge in [-0.1, -0.05) is 6.07 Å². The van der Waals surface area contributed by atoms with Crippen LogP contribution in [0.25, 0.3) is 22.2 Å². The highest BCUT2D eigenvalue weighted by Gasteiger charge is 2.26. The first-order chi connectivity index (χ1) is 17.1. The number of nitrogens with zero attached hydrogens (tertiary/aromatic N) is 4. The van der Waals surface area contributed by atoms with Gasteiger partial charge in [0.15, 0.2) is 0 Å². The van der Waals surface area contributed by atoms with Crippen LogP contribution in [-0.2, 0) is 0 Å². The average molecular weight is 468 g/mol. The fraction of sp³-hybridized carbons (Fsp3) is 0.269. The van der Waals surface area contributed by atoms with Crippen molar-refractivity contribution in [3.8, 4) is 11.3 Å². The highest BCUT2D eigenvalue weighted by atomic mass is 16.2. The molecule has 0 atom stereocenters. The molecule has 176 valence electrons. The van der Waals surface area contributed by atoms with Crippen molar-refractivity contribution in [1.82, 2.24) is 24.8 Å². The number of likely N-dealkylation sites (tertiary alicyclic amines) is 1. The topological polar surface area (TPSA) is 116 Å². The number of nitrogens with one attached hydrogen (secondary N) is 3. The maximum absolute atomic E-state index is 12.6. The number of H-pyrrole nitrogens is 1. The van der Waals surface area contributed by atoms with E-state index >= 15 is 0 Å². The van der Waals surface area contributed by atoms with Crippen molar-refractivity contribution < 1.29 is 4.79 Å². The standard InChI is InChI=1S/C26H25N7O2/c34-24-20-15-17(5-10-22(20)30-23(32-24)16-3-4-16)21-11-12-27-25(31-21)28-18-6-8-19(9-7-18)29-26(35)33-13-1-2-14-33/h5-12,15-16H,1-4,13-14H2,(H,29,35)(H,27,28,31)(H,30,32,34). The minimum atomic E-state index is -0.122. The molecule has 2 aliphatic rings. The third-order valence-corrected chi connectivity index (χ3v) is 6.42. The van der Waals surface area contributed by atoms with Gasteiger partial charge in [0.05, 0.1) is 16.6 Å². The maximum atomic E-state index is 12.6. The number of anilines is 3. The first-order valence-corrected chi connectivity index (χ1v) is 11.9. The number of carbonyl (C=O) groups is 1.